The van der Waals surface area contributed by atoms with Crippen LogP contribution >= 0.6 is 23.6 Å². The molecule has 0 saturated carbocycles. The summed E-state index contributed by atoms with van der Waals surface area (Å²) in [6.07, 6.45) is 0. The van der Waals surface area contributed by atoms with Crippen molar-refractivity contribution in [2.75, 3.05) is 36.4 Å². The highest BCUT2D eigenvalue weighted by Crippen LogP contribution is 2.19. The molecule has 1 saturated heterocycles. The van der Waals surface area contributed by atoms with Crippen LogP contribution in [0.4, 0.5) is 15.2 Å². The molecule has 0 radical (unpaired) electrons. The van der Waals surface area contributed by atoms with Gasteiger partial charge in [-0.1, -0.05) is 11.3 Å². The largest absolute Gasteiger partial charge is 0.369 e. The van der Waals surface area contributed by atoms with Crippen molar-refractivity contribution >= 4 is 34.4 Å². The second-order valence-electron chi connectivity index (χ2n) is 6.19. The van der Waals surface area contributed by atoms with Crippen molar-refractivity contribution in [1.29, 1.82) is 0 Å². The molecule has 1 aliphatic heterocycles. The minimum Gasteiger partial charge on any atom is -0.369 e. The molecule has 0 amide bonds. The zero-order valence-electron chi connectivity index (χ0n) is 13.9. The van der Waals surface area contributed by atoms with E-state index in [0.29, 0.717) is 12.7 Å². The van der Waals surface area contributed by atoms with E-state index in [1.165, 1.54) is 23.5 Å². The van der Waals surface area contributed by atoms with Gasteiger partial charge in [-0.05, 0) is 50.3 Å². The summed E-state index contributed by atoms with van der Waals surface area (Å²) in [7, 11) is 0. The van der Waals surface area contributed by atoms with Crippen LogP contribution in [0.3, 0.4) is 0 Å². The molecule has 5 nitrogen and oxygen atoms in total. The van der Waals surface area contributed by atoms with Crippen molar-refractivity contribution < 1.29 is 4.39 Å². The first-order valence-electron chi connectivity index (χ1n) is 8.08. The van der Waals surface area contributed by atoms with Gasteiger partial charge < -0.3 is 10.2 Å². The number of nitrogens with zero attached hydrogens (tertiary/aromatic N) is 4. The smallest absolute Gasteiger partial charge is 0.204 e. The fourth-order valence-electron chi connectivity index (χ4n) is 2.69. The Kier molecular flexibility index (Phi) is 5.47. The summed E-state index contributed by atoms with van der Waals surface area (Å²) in [5, 5.41) is 8.73. The van der Waals surface area contributed by atoms with Crippen LogP contribution in [0.15, 0.2) is 24.3 Å². The maximum absolute atomic E-state index is 13.0. The van der Waals surface area contributed by atoms with Gasteiger partial charge in [-0.15, -0.1) is 5.10 Å². The summed E-state index contributed by atoms with van der Waals surface area (Å²) in [5.74, 6) is -0.193. The molecule has 1 aromatic carbocycles. The van der Waals surface area contributed by atoms with E-state index < -0.39 is 0 Å². The van der Waals surface area contributed by atoms with Gasteiger partial charge in [0.15, 0.2) is 3.95 Å². The number of aromatic nitrogens is 2. The summed E-state index contributed by atoms with van der Waals surface area (Å²) in [5.41, 5.74) is 1.07. The van der Waals surface area contributed by atoms with Gasteiger partial charge in [-0.3, -0.25) is 4.90 Å². The Hall–Kier alpha value is -1.51. The molecule has 24 heavy (non-hydrogen) atoms. The Labute approximate surface area is 150 Å². The van der Waals surface area contributed by atoms with Crippen molar-refractivity contribution in [3.63, 3.8) is 0 Å². The molecule has 1 N–H and O–H groups in total. The van der Waals surface area contributed by atoms with E-state index in [1.807, 2.05) is 16.8 Å². The number of rotatable bonds is 5. The number of hydrogen-bond acceptors (Lipinski definition) is 6. The first-order chi connectivity index (χ1) is 11.5. The molecule has 130 valence electrons. The maximum Gasteiger partial charge on any atom is 0.204 e. The Balaban J connectivity index is 1.56. The first-order valence-corrected chi connectivity index (χ1v) is 9.31. The molecule has 2 aromatic rings. The quantitative estimate of drug-likeness (QED) is 0.820. The predicted octanol–water partition coefficient (Wildman–Crippen LogP) is 3.41. The van der Waals surface area contributed by atoms with E-state index in [1.54, 1.807) is 0 Å². The average Bonchev–Trinajstić information content (AvgIpc) is 2.87. The molecule has 2 heterocycles. The van der Waals surface area contributed by atoms with Gasteiger partial charge >= 0.3 is 0 Å². The van der Waals surface area contributed by atoms with Crippen LogP contribution in [0.5, 0.6) is 0 Å². The number of anilines is 2. The summed E-state index contributed by atoms with van der Waals surface area (Å²) in [6, 6.07) is 7.05. The third-order valence-electron chi connectivity index (χ3n) is 3.92. The Morgan fingerprint density at radius 1 is 1.21 bits per heavy atom. The van der Waals surface area contributed by atoms with E-state index >= 15 is 0 Å². The van der Waals surface area contributed by atoms with Crippen molar-refractivity contribution in [1.82, 2.24) is 14.7 Å². The second-order valence-corrected chi connectivity index (χ2v) is 7.82. The Morgan fingerprint density at radius 2 is 1.88 bits per heavy atom. The summed E-state index contributed by atoms with van der Waals surface area (Å²) in [6.45, 7) is 8.59. The Morgan fingerprint density at radius 3 is 2.50 bits per heavy atom. The molecule has 1 aliphatic rings. The molecule has 1 fully saturated rings. The van der Waals surface area contributed by atoms with Crippen LogP contribution in [0.1, 0.15) is 13.8 Å². The standard InChI is InChI=1S/C16H22FN5S2/c1-12(2)18-15-19-22(16(23)24-15)11-20-7-9-21(10-8-20)14-5-3-13(17)4-6-14/h3-6,12H,7-11H2,1-2H3,(H,18,19). The average molecular weight is 368 g/mol. The minimum absolute atomic E-state index is 0.193. The lowest BCUT2D eigenvalue weighted by Gasteiger charge is -2.35. The highest BCUT2D eigenvalue weighted by molar-refractivity contribution is 7.73. The normalized spacial score (nSPS) is 15.9. The summed E-state index contributed by atoms with van der Waals surface area (Å²) >= 11 is 6.93. The lowest BCUT2D eigenvalue weighted by molar-refractivity contribution is 0.195. The molecule has 1 aromatic heterocycles. The van der Waals surface area contributed by atoms with Crippen LogP contribution < -0.4 is 10.2 Å². The molecule has 0 bridgehead atoms. The summed E-state index contributed by atoms with van der Waals surface area (Å²) in [4.78, 5) is 4.62. The van der Waals surface area contributed by atoms with Crippen LogP contribution in [0.2, 0.25) is 0 Å². The molecule has 3 rings (SSSR count). The second kappa shape index (κ2) is 7.58. The zero-order valence-corrected chi connectivity index (χ0v) is 15.5. The van der Waals surface area contributed by atoms with Gasteiger partial charge in [0.1, 0.15) is 5.82 Å². The van der Waals surface area contributed by atoms with Crippen molar-refractivity contribution in [2.24, 2.45) is 0 Å². The molecule has 0 atom stereocenters. The number of benzene rings is 1. The number of piperazine rings is 1. The SMILES string of the molecule is CC(C)Nc1nn(CN2CCN(c3ccc(F)cc3)CC2)c(=S)s1. The topological polar surface area (TPSA) is 36.3 Å². The van der Waals surface area contributed by atoms with Crippen LogP contribution in [-0.4, -0.2) is 46.9 Å². The molecular weight excluding hydrogens is 345 g/mol. The van der Waals surface area contributed by atoms with E-state index in [4.69, 9.17) is 12.2 Å². The van der Waals surface area contributed by atoms with E-state index in [-0.39, 0.29) is 5.82 Å². The number of halogens is 1. The van der Waals surface area contributed by atoms with E-state index in [9.17, 15) is 4.39 Å². The fourth-order valence-corrected chi connectivity index (χ4v) is 3.83. The van der Waals surface area contributed by atoms with Gasteiger partial charge in [0.25, 0.3) is 0 Å². The molecule has 0 aliphatic carbocycles. The highest BCUT2D eigenvalue weighted by atomic mass is 32.1. The predicted molar refractivity (Wildman–Crippen MR) is 99.9 cm³/mol. The number of nitrogens with one attached hydrogen (secondary N) is 1. The lowest BCUT2D eigenvalue weighted by atomic mass is 10.2. The molecule has 0 unspecified atom stereocenters. The lowest BCUT2D eigenvalue weighted by Crippen LogP contribution is -2.46. The first kappa shape index (κ1) is 17.3. The number of hydrogen-bond donors (Lipinski definition) is 1. The highest BCUT2D eigenvalue weighted by Gasteiger charge is 2.18. The van der Waals surface area contributed by atoms with Gasteiger partial charge in [-0.2, -0.15) is 0 Å². The fraction of sp³-hybridized carbons (Fsp3) is 0.500. The molecule has 0 spiro atoms. The third-order valence-corrected chi connectivity index (χ3v) is 5.16. The molecule has 8 heteroatoms. The third kappa shape index (κ3) is 4.31. The van der Waals surface area contributed by atoms with E-state index in [2.05, 4.69) is 34.1 Å². The monoisotopic (exact) mass is 367 g/mol. The van der Waals surface area contributed by atoms with Crippen molar-refractivity contribution in [2.45, 2.75) is 26.6 Å². The van der Waals surface area contributed by atoms with Crippen LogP contribution in [0.25, 0.3) is 0 Å². The van der Waals surface area contributed by atoms with Gasteiger partial charge in [-0.25, -0.2) is 9.07 Å². The van der Waals surface area contributed by atoms with Crippen LogP contribution in [0, 0.1) is 9.77 Å². The Bertz CT molecular complexity index is 717. The van der Waals surface area contributed by atoms with Gasteiger partial charge in [0.2, 0.25) is 5.13 Å². The van der Waals surface area contributed by atoms with Crippen molar-refractivity contribution in [3.8, 4) is 0 Å². The summed E-state index contributed by atoms with van der Waals surface area (Å²) < 4.78 is 15.7. The van der Waals surface area contributed by atoms with Gasteiger partial charge in [0.05, 0.1) is 6.67 Å². The van der Waals surface area contributed by atoms with Crippen LogP contribution in [-0.2, 0) is 6.67 Å². The molecular formula is C16H22FN5S2. The zero-order chi connectivity index (χ0) is 17.1. The van der Waals surface area contributed by atoms with E-state index in [0.717, 1.165) is 41.0 Å². The van der Waals surface area contributed by atoms with Gasteiger partial charge in [0, 0.05) is 37.9 Å². The maximum atomic E-state index is 13.0. The van der Waals surface area contributed by atoms with Crippen molar-refractivity contribution in [3.05, 3.63) is 34.0 Å². The minimum atomic E-state index is -0.193.